The van der Waals surface area contributed by atoms with Gasteiger partial charge in [-0.05, 0) is 31.4 Å². The third-order valence-corrected chi connectivity index (χ3v) is 4.41. The maximum absolute atomic E-state index is 6.25. The van der Waals surface area contributed by atoms with E-state index >= 15 is 0 Å². The molecule has 2 aliphatic rings. The van der Waals surface area contributed by atoms with Crippen molar-refractivity contribution in [2.24, 2.45) is 0 Å². The molecule has 2 saturated heterocycles. The molecule has 0 N–H and O–H groups in total. The van der Waals surface area contributed by atoms with E-state index in [1.165, 1.54) is 6.42 Å². The van der Waals surface area contributed by atoms with E-state index in [1.807, 2.05) is 12.1 Å². The summed E-state index contributed by atoms with van der Waals surface area (Å²) in [6.45, 7) is 2.10. The molecule has 0 aliphatic carbocycles. The Hall–Kier alpha value is -0.320. The summed E-state index contributed by atoms with van der Waals surface area (Å²) in [6, 6.07) is 5.54. The molecule has 0 aromatic heterocycles. The van der Waals surface area contributed by atoms with E-state index in [0.29, 0.717) is 23.3 Å². The fraction of sp³-hybridized carbons (Fsp3) is 0.600. The standard InChI is InChI=1S/C15H18Cl2O3/c16-11-4-5-12(13(17)9-11)15(10-20-15)6-8-19-14-3-1-2-7-18-14/h4-5,9,14H,1-3,6-8,10H2. The minimum atomic E-state index is -0.295. The van der Waals surface area contributed by atoms with Crippen molar-refractivity contribution in [1.82, 2.24) is 0 Å². The summed E-state index contributed by atoms with van der Waals surface area (Å²) in [5, 5.41) is 1.30. The lowest BCUT2D eigenvalue weighted by Crippen LogP contribution is -2.24. The van der Waals surface area contributed by atoms with Gasteiger partial charge >= 0.3 is 0 Å². The van der Waals surface area contributed by atoms with Crippen molar-refractivity contribution in [3.63, 3.8) is 0 Å². The van der Waals surface area contributed by atoms with Crippen LogP contribution < -0.4 is 0 Å². The van der Waals surface area contributed by atoms with E-state index in [1.54, 1.807) is 6.07 Å². The number of epoxide rings is 1. The second-order valence-electron chi connectivity index (χ2n) is 5.32. The summed E-state index contributed by atoms with van der Waals surface area (Å²) >= 11 is 12.2. The summed E-state index contributed by atoms with van der Waals surface area (Å²) in [4.78, 5) is 0. The highest BCUT2D eigenvalue weighted by atomic mass is 35.5. The molecule has 2 atom stereocenters. The summed E-state index contributed by atoms with van der Waals surface area (Å²) in [5.41, 5.74) is 0.702. The van der Waals surface area contributed by atoms with Crippen molar-refractivity contribution in [1.29, 1.82) is 0 Å². The summed E-state index contributed by atoms with van der Waals surface area (Å²) in [6.07, 6.45) is 4.02. The number of halogens is 2. The average molecular weight is 317 g/mol. The van der Waals surface area contributed by atoms with Crippen LogP contribution in [0.4, 0.5) is 0 Å². The second kappa shape index (κ2) is 6.20. The Labute approximate surface area is 129 Å². The molecule has 2 aliphatic heterocycles. The van der Waals surface area contributed by atoms with E-state index < -0.39 is 0 Å². The van der Waals surface area contributed by atoms with E-state index in [0.717, 1.165) is 31.4 Å². The van der Waals surface area contributed by atoms with Crippen molar-refractivity contribution < 1.29 is 14.2 Å². The molecule has 0 amide bonds. The third-order valence-electron chi connectivity index (χ3n) is 3.86. The molecule has 0 saturated carbocycles. The maximum Gasteiger partial charge on any atom is 0.157 e. The van der Waals surface area contributed by atoms with Gasteiger partial charge in [0.1, 0.15) is 5.60 Å². The molecule has 0 bridgehead atoms. The maximum atomic E-state index is 6.25. The van der Waals surface area contributed by atoms with Gasteiger partial charge in [0.15, 0.2) is 6.29 Å². The van der Waals surface area contributed by atoms with Crippen LogP contribution in [-0.2, 0) is 19.8 Å². The third kappa shape index (κ3) is 3.29. The molecule has 0 spiro atoms. The molecule has 1 aromatic rings. The van der Waals surface area contributed by atoms with Gasteiger partial charge in [-0.2, -0.15) is 0 Å². The zero-order valence-electron chi connectivity index (χ0n) is 11.2. The van der Waals surface area contributed by atoms with Crippen LogP contribution in [-0.4, -0.2) is 26.1 Å². The predicted molar refractivity (Wildman–Crippen MR) is 78.3 cm³/mol. The quantitative estimate of drug-likeness (QED) is 0.764. The van der Waals surface area contributed by atoms with E-state index in [4.69, 9.17) is 37.4 Å². The van der Waals surface area contributed by atoms with E-state index in [9.17, 15) is 0 Å². The highest BCUT2D eigenvalue weighted by molar-refractivity contribution is 6.35. The van der Waals surface area contributed by atoms with Gasteiger partial charge in [0.2, 0.25) is 0 Å². The minimum absolute atomic E-state index is 0.0553. The predicted octanol–water partition coefficient (Wildman–Crippen LogP) is 4.15. The largest absolute Gasteiger partial charge is 0.364 e. The monoisotopic (exact) mass is 316 g/mol. The summed E-state index contributed by atoms with van der Waals surface area (Å²) < 4.78 is 17.0. The van der Waals surface area contributed by atoms with Gasteiger partial charge in [0.25, 0.3) is 0 Å². The number of rotatable bonds is 5. The highest BCUT2D eigenvalue weighted by Crippen LogP contribution is 2.45. The van der Waals surface area contributed by atoms with Crippen LogP contribution in [0.25, 0.3) is 0 Å². The first-order valence-corrected chi connectivity index (χ1v) is 7.78. The topological polar surface area (TPSA) is 31.0 Å². The highest BCUT2D eigenvalue weighted by Gasteiger charge is 2.47. The molecule has 1 aromatic carbocycles. The Kier molecular flexibility index (Phi) is 4.53. The molecule has 2 unspecified atom stereocenters. The van der Waals surface area contributed by atoms with Gasteiger partial charge in [0, 0.05) is 28.6 Å². The van der Waals surface area contributed by atoms with E-state index in [2.05, 4.69) is 0 Å². The molecule has 3 rings (SSSR count). The normalized spacial score (nSPS) is 29.4. The fourth-order valence-corrected chi connectivity index (χ4v) is 3.16. The lowest BCUT2D eigenvalue weighted by molar-refractivity contribution is -0.164. The van der Waals surface area contributed by atoms with Gasteiger partial charge in [0.05, 0.1) is 13.2 Å². The van der Waals surface area contributed by atoms with Crippen LogP contribution in [0.2, 0.25) is 10.0 Å². The minimum Gasteiger partial charge on any atom is -0.364 e. The molecule has 0 radical (unpaired) electrons. The van der Waals surface area contributed by atoms with Crippen LogP contribution in [0.1, 0.15) is 31.2 Å². The molecule has 2 heterocycles. The summed E-state index contributed by atoms with van der Waals surface area (Å²) in [7, 11) is 0. The zero-order chi connectivity index (χ0) is 14.0. The van der Waals surface area contributed by atoms with Crippen LogP contribution in [0.15, 0.2) is 18.2 Å². The van der Waals surface area contributed by atoms with Crippen LogP contribution in [0.3, 0.4) is 0 Å². The first-order valence-electron chi connectivity index (χ1n) is 7.02. The molecule has 2 fully saturated rings. The average Bonchev–Trinajstić information content (AvgIpc) is 3.21. The van der Waals surface area contributed by atoms with Crippen molar-refractivity contribution in [3.05, 3.63) is 33.8 Å². The SMILES string of the molecule is Clc1ccc(C2(CCOC3CCCCO3)CO2)c(Cl)c1. The lowest BCUT2D eigenvalue weighted by atomic mass is 9.97. The van der Waals surface area contributed by atoms with Gasteiger partial charge < -0.3 is 14.2 Å². The summed E-state index contributed by atoms with van der Waals surface area (Å²) in [5.74, 6) is 0. The van der Waals surface area contributed by atoms with Crippen molar-refractivity contribution in [2.45, 2.75) is 37.6 Å². The van der Waals surface area contributed by atoms with Gasteiger partial charge in [-0.25, -0.2) is 0 Å². The fourth-order valence-electron chi connectivity index (χ4n) is 2.58. The first kappa shape index (κ1) is 14.6. The lowest BCUT2D eigenvalue weighted by Gasteiger charge is -2.23. The molecular formula is C15H18Cl2O3. The van der Waals surface area contributed by atoms with Crippen LogP contribution >= 0.6 is 23.2 Å². The Morgan fingerprint density at radius 2 is 2.15 bits per heavy atom. The zero-order valence-corrected chi connectivity index (χ0v) is 12.8. The smallest absolute Gasteiger partial charge is 0.157 e. The molecular weight excluding hydrogens is 299 g/mol. The number of ether oxygens (including phenoxy) is 3. The van der Waals surface area contributed by atoms with Crippen LogP contribution in [0, 0.1) is 0 Å². The Morgan fingerprint density at radius 3 is 2.80 bits per heavy atom. The van der Waals surface area contributed by atoms with Gasteiger partial charge in [-0.15, -0.1) is 0 Å². The van der Waals surface area contributed by atoms with Crippen molar-refractivity contribution in [3.8, 4) is 0 Å². The van der Waals surface area contributed by atoms with Crippen molar-refractivity contribution in [2.75, 3.05) is 19.8 Å². The number of hydrogen-bond acceptors (Lipinski definition) is 3. The molecule has 3 nitrogen and oxygen atoms in total. The van der Waals surface area contributed by atoms with E-state index in [-0.39, 0.29) is 11.9 Å². The molecule has 5 heteroatoms. The van der Waals surface area contributed by atoms with Crippen LogP contribution in [0.5, 0.6) is 0 Å². The second-order valence-corrected chi connectivity index (χ2v) is 6.17. The van der Waals surface area contributed by atoms with Gasteiger partial charge in [-0.1, -0.05) is 29.3 Å². The Morgan fingerprint density at radius 1 is 1.30 bits per heavy atom. The van der Waals surface area contributed by atoms with Crippen molar-refractivity contribution >= 4 is 23.2 Å². The Balaban J connectivity index is 1.56. The Bertz CT molecular complexity index is 468. The van der Waals surface area contributed by atoms with Gasteiger partial charge in [-0.3, -0.25) is 0 Å². The molecule has 20 heavy (non-hydrogen) atoms. The molecule has 110 valence electrons. The first-order chi connectivity index (χ1) is 9.70. The number of hydrogen-bond donors (Lipinski definition) is 0. The number of benzene rings is 1.